The van der Waals surface area contributed by atoms with E-state index in [-0.39, 0.29) is 19.2 Å². The molecule has 0 N–H and O–H groups in total. The lowest BCUT2D eigenvalue weighted by atomic mass is 10.2. The van der Waals surface area contributed by atoms with Crippen LogP contribution in [0, 0.1) is 0 Å². The normalized spacial score (nSPS) is 19.7. The van der Waals surface area contributed by atoms with E-state index in [1.54, 1.807) is 19.3 Å². The van der Waals surface area contributed by atoms with Gasteiger partial charge >= 0.3 is 6.09 Å². The molecule has 1 fully saturated rings. The van der Waals surface area contributed by atoms with Crippen molar-refractivity contribution in [2.75, 3.05) is 25.0 Å². The third-order valence-corrected chi connectivity index (χ3v) is 4.23. The fourth-order valence-electron chi connectivity index (χ4n) is 2.99. The van der Waals surface area contributed by atoms with E-state index in [1.807, 2.05) is 35.2 Å². The number of ether oxygens (including phenoxy) is 1. The topological polar surface area (TPSA) is 58.6 Å². The second kappa shape index (κ2) is 7.92. The van der Waals surface area contributed by atoms with Crippen molar-refractivity contribution in [1.82, 2.24) is 14.9 Å². The molecule has 6 nitrogen and oxygen atoms in total. The fraction of sp³-hybridized carbons (Fsp3) is 0.389. The maximum absolute atomic E-state index is 13.9. The highest BCUT2D eigenvalue weighted by molar-refractivity contribution is 5.67. The molecule has 2 aromatic rings. The molecule has 2 atom stereocenters. The molecular weight excluding hydrogens is 323 g/mol. The van der Waals surface area contributed by atoms with Gasteiger partial charge in [0, 0.05) is 26.2 Å². The highest BCUT2D eigenvalue weighted by Crippen LogP contribution is 2.26. The van der Waals surface area contributed by atoms with Crippen LogP contribution in [-0.2, 0) is 11.3 Å². The highest BCUT2D eigenvalue weighted by Gasteiger charge is 2.34. The molecule has 1 aromatic heterocycles. The Hall–Kier alpha value is -2.70. The number of carbonyl (C=O) groups is 1. The van der Waals surface area contributed by atoms with E-state index in [0.29, 0.717) is 18.8 Å². The minimum Gasteiger partial charge on any atom is -0.445 e. The minimum absolute atomic E-state index is 0.140. The van der Waals surface area contributed by atoms with Crippen molar-refractivity contribution >= 4 is 11.9 Å². The molecule has 0 aliphatic carbocycles. The Bertz CT molecular complexity index is 686. The van der Waals surface area contributed by atoms with E-state index >= 15 is 0 Å². The number of carbonyl (C=O) groups excluding carboxylic acids is 1. The van der Waals surface area contributed by atoms with Crippen LogP contribution in [0.3, 0.4) is 0 Å². The van der Waals surface area contributed by atoms with E-state index in [2.05, 4.69) is 9.97 Å². The molecule has 2 heterocycles. The van der Waals surface area contributed by atoms with E-state index in [1.165, 1.54) is 11.2 Å². The molecular formula is C18H21FN4O2. The van der Waals surface area contributed by atoms with Gasteiger partial charge < -0.3 is 14.5 Å². The van der Waals surface area contributed by atoms with Gasteiger partial charge in [-0.25, -0.2) is 19.2 Å². The Morgan fingerprint density at radius 3 is 2.88 bits per heavy atom. The molecule has 0 unspecified atom stereocenters. The molecule has 1 amide bonds. The summed E-state index contributed by atoms with van der Waals surface area (Å²) >= 11 is 0. The standard InChI is InChI=1S/C18H21FN4O2/c1-22(18(24)25-12-14-5-3-2-4-6-14)11-16-9-15(19)10-23(16)17-7-8-20-13-21-17/h2-8,13,15-16H,9-12H2,1H3/t15-,16-/m0/s1. The summed E-state index contributed by atoms with van der Waals surface area (Å²) in [6, 6.07) is 11.1. The van der Waals surface area contributed by atoms with Crippen LogP contribution in [0.4, 0.5) is 15.0 Å². The van der Waals surface area contributed by atoms with Crippen molar-refractivity contribution in [3.05, 3.63) is 54.5 Å². The van der Waals surface area contributed by atoms with Crippen molar-refractivity contribution in [3.63, 3.8) is 0 Å². The number of amides is 1. The maximum atomic E-state index is 13.9. The fourth-order valence-corrected chi connectivity index (χ4v) is 2.99. The number of hydrogen-bond acceptors (Lipinski definition) is 5. The third-order valence-electron chi connectivity index (χ3n) is 4.23. The van der Waals surface area contributed by atoms with Gasteiger partial charge in [0.05, 0.1) is 12.6 Å². The van der Waals surface area contributed by atoms with Crippen LogP contribution in [0.5, 0.6) is 0 Å². The molecule has 0 radical (unpaired) electrons. The van der Waals surface area contributed by atoms with Crippen LogP contribution in [0.2, 0.25) is 0 Å². The predicted octanol–water partition coefficient (Wildman–Crippen LogP) is 2.66. The molecule has 7 heteroatoms. The van der Waals surface area contributed by atoms with Crippen molar-refractivity contribution in [1.29, 1.82) is 0 Å². The van der Waals surface area contributed by atoms with Gasteiger partial charge in [-0.2, -0.15) is 0 Å². The average molecular weight is 344 g/mol. The van der Waals surface area contributed by atoms with E-state index in [4.69, 9.17) is 4.74 Å². The molecule has 25 heavy (non-hydrogen) atoms. The SMILES string of the molecule is CN(C[C@@H]1C[C@H](F)CN1c1ccncn1)C(=O)OCc1ccccc1. The summed E-state index contributed by atoms with van der Waals surface area (Å²) < 4.78 is 19.2. The summed E-state index contributed by atoms with van der Waals surface area (Å²) in [5, 5.41) is 0. The van der Waals surface area contributed by atoms with Crippen LogP contribution >= 0.6 is 0 Å². The number of halogens is 1. The van der Waals surface area contributed by atoms with E-state index < -0.39 is 12.3 Å². The zero-order valence-corrected chi connectivity index (χ0v) is 14.1. The Balaban J connectivity index is 1.57. The molecule has 3 rings (SSSR count). The zero-order valence-electron chi connectivity index (χ0n) is 14.1. The van der Waals surface area contributed by atoms with Gasteiger partial charge in [0.1, 0.15) is 24.9 Å². The van der Waals surface area contributed by atoms with Crippen LogP contribution in [0.25, 0.3) is 0 Å². The number of benzene rings is 1. The van der Waals surface area contributed by atoms with Gasteiger partial charge in [-0.1, -0.05) is 30.3 Å². The lowest BCUT2D eigenvalue weighted by Crippen LogP contribution is -2.41. The molecule has 1 saturated heterocycles. The minimum atomic E-state index is -0.936. The highest BCUT2D eigenvalue weighted by atomic mass is 19.1. The predicted molar refractivity (Wildman–Crippen MR) is 91.9 cm³/mol. The zero-order chi connectivity index (χ0) is 17.6. The summed E-state index contributed by atoms with van der Waals surface area (Å²) in [7, 11) is 1.66. The molecule has 1 aromatic carbocycles. The first kappa shape index (κ1) is 17.1. The van der Waals surface area contributed by atoms with Gasteiger partial charge in [0.25, 0.3) is 0 Å². The first-order valence-corrected chi connectivity index (χ1v) is 8.22. The Morgan fingerprint density at radius 2 is 2.16 bits per heavy atom. The van der Waals surface area contributed by atoms with Crippen LogP contribution in [0.1, 0.15) is 12.0 Å². The summed E-state index contributed by atoms with van der Waals surface area (Å²) in [5.74, 6) is 0.672. The second-order valence-electron chi connectivity index (χ2n) is 6.13. The van der Waals surface area contributed by atoms with Crippen molar-refractivity contribution in [3.8, 4) is 0 Å². The maximum Gasteiger partial charge on any atom is 0.409 e. The lowest BCUT2D eigenvalue weighted by Gasteiger charge is -2.28. The first-order valence-electron chi connectivity index (χ1n) is 8.22. The van der Waals surface area contributed by atoms with Gasteiger partial charge in [-0.15, -0.1) is 0 Å². The number of hydrogen-bond donors (Lipinski definition) is 0. The second-order valence-corrected chi connectivity index (χ2v) is 6.13. The molecule has 1 aliphatic rings. The number of likely N-dealkylation sites (N-methyl/N-ethyl adjacent to an activating group) is 1. The molecule has 132 valence electrons. The monoisotopic (exact) mass is 344 g/mol. The molecule has 1 aliphatic heterocycles. The lowest BCUT2D eigenvalue weighted by molar-refractivity contribution is 0.103. The smallest absolute Gasteiger partial charge is 0.409 e. The number of alkyl halides is 1. The van der Waals surface area contributed by atoms with Crippen molar-refractivity contribution in [2.45, 2.75) is 25.2 Å². The summed E-state index contributed by atoms with van der Waals surface area (Å²) in [6.07, 6.45) is 2.07. The molecule has 0 spiro atoms. The van der Waals surface area contributed by atoms with Gasteiger partial charge in [0.15, 0.2) is 0 Å². The quantitative estimate of drug-likeness (QED) is 0.835. The van der Waals surface area contributed by atoms with E-state index in [0.717, 1.165) is 5.56 Å². The Kier molecular flexibility index (Phi) is 5.42. The average Bonchev–Trinajstić information content (AvgIpc) is 3.01. The Labute approximate surface area is 146 Å². The number of anilines is 1. The van der Waals surface area contributed by atoms with Crippen molar-refractivity contribution in [2.24, 2.45) is 0 Å². The summed E-state index contributed by atoms with van der Waals surface area (Å²) in [5.41, 5.74) is 0.927. The number of aromatic nitrogens is 2. The van der Waals surface area contributed by atoms with E-state index in [9.17, 15) is 9.18 Å². The van der Waals surface area contributed by atoms with Crippen LogP contribution < -0.4 is 4.90 Å². The first-order chi connectivity index (χ1) is 12.1. The summed E-state index contributed by atoms with van der Waals surface area (Å²) in [4.78, 5) is 23.6. The number of rotatable bonds is 5. The van der Waals surface area contributed by atoms with Gasteiger partial charge in [0.2, 0.25) is 0 Å². The Morgan fingerprint density at radius 1 is 1.36 bits per heavy atom. The molecule has 0 saturated carbocycles. The van der Waals surface area contributed by atoms with Gasteiger partial charge in [-0.3, -0.25) is 0 Å². The third kappa shape index (κ3) is 4.43. The summed E-state index contributed by atoms with van der Waals surface area (Å²) in [6.45, 7) is 0.864. The largest absolute Gasteiger partial charge is 0.445 e. The number of nitrogens with zero attached hydrogens (tertiary/aromatic N) is 4. The van der Waals surface area contributed by atoms with Gasteiger partial charge in [-0.05, 0) is 11.6 Å². The van der Waals surface area contributed by atoms with Crippen LogP contribution in [0.15, 0.2) is 48.9 Å². The van der Waals surface area contributed by atoms with Crippen LogP contribution in [-0.4, -0.2) is 53.3 Å². The molecule has 0 bridgehead atoms. The van der Waals surface area contributed by atoms with Crippen molar-refractivity contribution < 1.29 is 13.9 Å².